The average molecular weight is 572 g/mol. The molecule has 1 aliphatic carbocycles. The molecule has 0 radical (unpaired) electrons. The van der Waals surface area contributed by atoms with Gasteiger partial charge in [-0.15, -0.1) is 0 Å². The first-order valence-corrected chi connectivity index (χ1v) is 12.8. The maximum absolute atomic E-state index is 12.9. The highest BCUT2D eigenvalue weighted by Crippen LogP contribution is 2.37. The molecule has 4 N–H and O–H groups in total. The number of rotatable bonds is 7. The normalized spacial score (nSPS) is 13.0. The summed E-state index contributed by atoms with van der Waals surface area (Å²) in [5.74, 6) is 0.889. The molecule has 0 bridgehead atoms. The molecule has 1 saturated carbocycles. The molecule has 38 heavy (non-hydrogen) atoms. The van der Waals surface area contributed by atoms with Crippen molar-refractivity contribution >= 4 is 58.2 Å². The number of ether oxygens (including phenoxy) is 1. The van der Waals surface area contributed by atoms with Gasteiger partial charge in [0.25, 0.3) is 5.91 Å². The highest BCUT2D eigenvalue weighted by Gasteiger charge is 2.25. The van der Waals surface area contributed by atoms with E-state index in [1.807, 2.05) is 6.07 Å². The van der Waals surface area contributed by atoms with E-state index in [1.165, 1.54) is 18.3 Å². The second kappa shape index (κ2) is 10.9. The van der Waals surface area contributed by atoms with Gasteiger partial charge in [0.2, 0.25) is 0 Å². The summed E-state index contributed by atoms with van der Waals surface area (Å²) < 4.78 is 7.35. The Bertz CT molecular complexity index is 1520. The van der Waals surface area contributed by atoms with E-state index in [1.54, 1.807) is 41.1 Å². The van der Waals surface area contributed by atoms with E-state index in [9.17, 15) is 9.59 Å². The van der Waals surface area contributed by atoms with Crippen LogP contribution in [0.4, 0.5) is 16.3 Å². The molecule has 194 valence electrons. The zero-order valence-corrected chi connectivity index (χ0v) is 22.0. The molecule has 0 atom stereocenters. The quantitative estimate of drug-likeness (QED) is 0.220. The van der Waals surface area contributed by atoms with Crippen LogP contribution in [0.3, 0.4) is 0 Å². The monoisotopic (exact) mass is 570 g/mol. The van der Waals surface area contributed by atoms with Gasteiger partial charge in [0.15, 0.2) is 0 Å². The van der Waals surface area contributed by atoms with Crippen LogP contribution < -0.4 is 21.1 Å². The van der Waals surface area contributed by atoms with Gasteiger partial charge < -0.3 is 15.8 Å². The van der Waals surface area contributed by atoms with E-state index >= 15 is 0 Å². The smallest absolute Gasteiger partial charge is 0.324 e. The summed E-state index contributed by atoms with van der Waals surface area (Å²) in [7, 11) is 0. The van der Waals surface area contributed by atoms with E-state index < -0.39 is 11.9 Å². The second-order valence-electron chi connectivity index (χ2n) is 8.69. The van der Waals surface area contributed by atoms with Crippen LogP contribution in [-0.4, -0.2) is 26.7 Å². The standard InChI is InChI=1S/C26H21Cl3N6O3/c27-15-8-16(28)10-17(9-15)35-24(13-22(34-35)14-2-1-3-14)33-26(37)32-21-5-4-18(11-20(21)29)38-19-6-7-31-23(12-19)25(30)36/h4-14H,1-3H2,(H2,30,36)(H2,32,33,37). The lowest BCUT2D eigenvalue weighted by Gasteiger charge is -2.22. The minimum absolute atomic E-state index is 0.0725. The third-order valence-corrected chi connectivity index (χ3v) is 6.74. The van der Waals surface area contributed by atoms with Crippen molar-refractivity contribution < 1.29 is 14.3 Å². The summed E-state index contributed by atoms with van der Waals surface area (Å²) in [6.07, 6.45) is 4.66. The number of halogens is 3. The number of primary amides is 1. The Hall–Kier alpha value is -3.79. The summed E-state index contributed by atoms with van der Waals surface area (Å²) in [5, 5.41) is 11.4. The minimum Gasteiger partial charge on any atom is -0.457 e. The van der Waals surface area contributed by atoms with Gasteiger partial charge in [-0.3, -0.25) is 15.1 Å². The number of nitrogens with zero attached hydrogens (tertiary/aromatic N) is 3. The molecule has 1 fully saturated rings. The first kappa shape index (κ1) is 25.8. The van der Waals surface area contributed by atoms with Gasteiger partial charge in [0.05, 0.1) is 22.1 Å². The van der Waals surface area contributed by atoms with E-state index in [-0.39, 0.29) is 10.7 Å². The van der Waals surface area contributed by atoms with Gasteiger partial charge in [-0.25, -0.2) is 9.48 Å². The topological polar surface area (TPSA) is 124 Å². The Morgan fingerprint density at radius 2 is 1.68 bits per heavy atom. The Morgan fingerprint density at radius 1 is 0.947 bits per heavy atom. The fourth-order valence-corrected chi connectivity index (χ4v) is 4.66. The van der Waals surface area contributed by atoms with Crippen LogP contribution in [-0.2, 0) is 0 Å². The van der Waals surface area contributed by atoms with Crippen molar-refractivity contribution in [1.82, 2.24) is 14.8 Å². The fraction of sp³-hybridized carbons (Fsp3) is 0.154. The predicted octanol–water partition coefficient (Wildman–Crippen LogP) is 7.03. The molecule has 12 heteroatoms. The number of nitrogens with one attached hydrogen (secondary N) is 2. The summed E-state index contributed by atoms with van der Waals surface area (Å²) in [5.41, 5.74) is 7.21. The molecule has 0 saturated heterocycles. The van der Waals surface area contributed by atoms with Crippen molar-refractivity contribution in [2.75, 3.05) is 10.6 Å². The van der Waals surface area contributed by atoms with E-state index in [0.29, 0.717) is 44.7 Å². The van der Waals surface area contributed by atoms with Gasteiger partial charge in [-0.05, 0) is 49.2 Å². The van der Waals surface area contributed by atoms with E-state index in [0.717, 1.165) is 25.0 Å². The minimum atomic E-state index is -0.668. The molecule has 0 spiro atoms. The Morgan fingerprint density at radius 3 is 2.34 bits per heavy atom. The lowest BCUT2D eigenvalue weighted by Crippen LogP contribution is -2.21. The molecular weight excluding hydrogens is 551 g/mol. The summed E-state index contributed by atoms with van der Waals surface area (Å²) in [6.45, 7) is 0. The molecule has 2 aromatic heterocycles. The van der Waals surface area contributed by atoms with E-state index in [4.69, 9.17) is 50.4 Å². The lowest BCUT2D eigenvalue weighted by molar-refractivity contribution is 0.0995. The van der Waals surface area contributed by atoms with Crippen LogP contribution in [0.5, 0.6) is 11.5 Å². The number of anilines is 2. The number of benzene rings is 2. The van der Waals surface area contributed by atoms with Gasteiger partial charge in [0, 0.05) is 40.4 Å². The number of pyridine rings is 1. The molecule has 4 aromatic rings. The van der Waals surface area contributed by atoms with Gasteiger partial charge in [-0.2, -0.15) is 5.10 Å². The molecule has 5 rings (SSSR count). The molecule has 3 amide bonds. The second-order valence-corrected chi connectivity index (χ2v) is 9.97. The fourth-order valence-electron chi connectivity index (χ4n) is 3.93. The highest BCUT2D eigenvalue weighted by atomic mass is 35.5. The molecule has 9 nitrogen and oxygen atoms in total. The van der Waals surface area contributed by atoms with Crippen molar-refractivity contribution in [3.05, 3.63) is 87.2 Å². The number of urea groups is 1. The SMILES string of the molecule is NC(=O)c1cc(Oc2ccc(NC(=O)Nc3cc(C4CCC4)nn3-c3cc(Cl)cc(Cl)c3)c(Cl)c2)ccn1. The third kappa shape index (κ3) is 5.85. The molecular formula is C26H21Cl3N6O3. The number of amides is 3. The van der Waals surface area contributed by atoms with Gasteiger partial charge in [0.1, 0.15) is 23.0 Å². The first-order valence-electron chi connectivity index (χ1n) is 11.6. The van der Waals surface area contributed by atoms with Crippen LogP contribution >= 0.6 is 34.8 Å². The van der Waals surface area contributed by atoms with Crippen molar-refractivity contribution in [2.45, 2.75) is 25.2 Å². The predicted molar refractivity (Wildman–Crippen MR) is 147 cm³/mol. The van der Waals surface area contributed by atoms with Crippen LogP contribution in [0.15, 0.2) is 60.8 Å². The summed E-state index contributed by atoms with van der Waals surface area (Å²) in [6, 6.07) is 14.2. The molecule has 0 aliphatic heterocycles. The largest absolute Gasteiger partial charge is 0.457 e. The number of nitrogens with two attached hydrogens (primary N) is 1. The summed E-state index contributed by atoms with van der Waals surface area (Å²) in [4.78, 5) is 28.2. The zero-order valence-electron chi connectivity index (χ0n) is 19.7. The summed E-state index contributed by atoms with van der Waals surface area (Å²) >= 11 is 18.8. The van der Waals surface area contributed by atoms with Crippen LogP contribution in [0.1, 0.15) is 41.4 Å². The Labute approximate surface area is 232 Å². The van der Waals surface area contributed by atoms with Crippen molar-refractivity contribution in [3.63, 3.8) is 0 Å². The maximum Gasteiger partial charge on any atom is 0.324 e. The molecule has 0 unspecified atom stereocenters. The van der Waals surface area contributed by atoms with E-state index in [2.05, 4.69) is 15.6 Å². The average Bonchev–Trinajstić information content (AvgIpc) is 3.22. The van der Waals surface area contributed by atoms with Crippen LogP contribution in [0.2, 0.25) is 15.1 Å². The van der Waals surface area contributed by atoms with Crippen molar-refractivity contribution in [2.24, 2.45) is 5.73 Å². The maximum atomic E-state index is 12.9. The molecule has 2 heterocycles. The number of hydrogen-bond acceptors (Lipinski definition) is 5. The number of carbonyl (C=O) groups excluding carboxylic acids is 2. The van der Waals surface area contributed by atoms with Gasteiger partial charge >= 0.3 is 6.03 Å². The number of carbonyl (C=O) groups is 2. The zero-order chi connectivity index (χ0) is 26.8. The Balaban J connectivity index is 1.32. The third-order valence-electron chi connectivity index (χ3n) is 5.99. The first-order chi connectivity index (χ1) is 18.2. The Kier molecular flexibility index (Phi) is 7.42. The van der Waals surface area contributed by atoms with Crippen molar-refractivity contribution in [1.29, 1.82) is 0 Å². The molecule has 1 aliphatic rings. The number of hydrogen-bond donors (Lipinski definition) is 3. The van der Waals surface area contributed by atoms with Crippen LogP contribution in [0, 0.1) is 0 Å². The van der Waals surface area contributed by atoms with Crippen molar-refractivity contribution in [3.8, 4) is 17.2 Å². The van der Waals surface area contributed by atoms with Gasteiger partial charge in [-0.1, -0.05) is 41.2 Å². The van der Waals surface area contributed by atoms with Crippen LogP contribution in [0.25, 0.3) is 5.69 Å². The molecule has 2 aromatic carbocycles. The lowest BCUT2D eigenvalue weighted by atomic mass is 9.83. The highest BCUT2D eigenvalue weighted by molar-refractivity contribution is 6.35. The number of aromatic nitrogens is 3.